The lowest BCUT2D eigenvalue weighted by molar-refractivity contribution is -0.140. The molecule has 0 fully saturated rings. The highest BCUT2D eigenvalue weighted by atomic mass is 19.4. The van der Waals surface area contributed by atoms with Crippen molar-refractivity contribution in [2.45, 2.75) is 32.2 Å². The Hall–Kier alpha value is -2.61. The first-order valence-electron chi connectivity index (χ1n) is 8.12. The van der Waals surface area contributed by atoms with E-state index in [1.54, 1.807) is 31.2 Å². The van der Waals surface area contributed by atoms with Crippen LogP contribution in [0.4, 0.5) is 17.6 Å². The van der Waals surface area contributed by atoms with Crippen LogP contribution in [-0.2, 0) is 22.3 Å². The Balaban J connectivity index is 2.03. The number of ether oxygens (including phenoxy) is 2. The van der Waals surface area contributed by atoms with Crippen molar-refractivity contribution in [3.8, 4) is 5.75 Å². The molecule has 0 bridgehead atoms. The predicted molar refractivity (Wildman–Crippen MR) is 88.8 cm³/mol. The van der Waals surface area contributed by atoms with Crippen LogP contribution in [0, 0.1) is 5.82 Å². The Morgan fingerprint density at radius 3 is 2.33 bits per heavy atom. The minimum atomic E-state index is -4.61. The van der Waals surface area contributed by atoms with Gasteiger partial charge < -0.3 is 14.6 Å². The molecule has 0 saturated heterocycles. The minimum Gasteiger partial charge on any atom is -0.489 e. The molecule has 2 aromatic rings. The number of benzene rings is 2. The number of carboxylic acid groups (broad SMARTS) is 1. The van der Waals surface area contributed by atoms with Gasteiger partial charge in [-0.25, -0.2) is 4.39 Å². The molecule has 0 aliphatic heterocycles. The quantitative estimate of drug-likeness (QED) is 0.651. The molecule has 0 heterocycles. The van der Waals surface area contributed by atoms with Crippen LogP contribution < -0.4 is 4.74 Å². The number of rotatable bonds is 8. The van der Waals surface area contributed by atoms with Crippen molar-refractivity contribution >= 4 is 5.97 Å². The van der Waals surface area contributed by atoms with E-state index in [0.29, 0.717) is 24.0 Å². The second-order valence-electron chi connectivity index (χ2n) is 5.70. The average Bonchev–Trinajstić information content (AvgIpc) is 2.59. The number of halogens is 4. The van der Waals surface area contributed by atoms with Gasteiger partial charge in [-0.3, -0.25) is 4.79 Å². The lowest BCUT2D eigenvalue weighted by atomic mass is 10.1. The third-order valence-electron chi connectivity index (χ3n) is 3.75. The van der Waals surface area contributed by atoms with Gasteiger partial charge in [0.05, 0.1) is 18.1 Å². The minimum absolute atomic E-state index is 0.00912. The van der Waals surface area contributed by atoms with Crippen molar-refractivity contribution < 1.29 is 36.9 Å². The van der Waals surface area contributed by atoms with Gasteiger partial charge in [-0.1, -0.05) is 18.2 Å². The number of carboxylic acids is 1. The summed E-state index contributed by atoms with van der Waals surface area (Å²) in [4.78, 5) is 10.9. The van der Waals surface area contributed by atoms with Crippen LogP contribution >= 0.6 is 0 Å². The Labute approximate surface area is 153 Å². The number of hydrogen-bond donors (Lipinski definition) is 1. The molecule has 0 radical (unpaired) electrons. The van der Waals surface area contributed by atoms with Gasteiger partial charge in [0, 0.05) is 12.2 Å². The van der Waals surface area contributed by atoms with Crippen LogP contribution in [0.15, 0.2) is 42.5 Å². The lowest BCUT2D eigenvalue weighted by Gasteiger charge is -2.16. The van der Waals surface area contributed by atoms with Gasteiger partial charge in [0.25, 0.3) is 0 Å². The molecule has 0 aliphatic carbocycles. The molecule has 0 saturated carbocycles. The van der Waals surface area contributed by atoms with Gasteiger partial charge in [0.1, 0.15) is 18.2 Å². The smallest absolute Gasteiger partial charge is 0.416 e. The van der Waals surface area contributed by atoms with Crippen molar-refractivity contribution in [2.75, 3.05) is 6.61 Å². The summed E-state index contributed by atoms with van der Waals surface area (Å²) in [5.74, 6) is -1.63. The highest BCUT2D eigenvalue weighted by Gasteiger charge is 2.31. The summed E-state index contributed by atoms with van der Waals surface area (Å²) in [6, 6.07) is 8.63. The van der Waals surface area contributed by atoms with E-state index < -0.39 is 29.6 Å². The Morgan fingerprint density at radius 2 is 1.81 bits per heavy atom. The monoisotopic (exact) mass is 386 g/mol. The van der Waals surface area contributed by atoms with Crippen LogP contribution in [0.5, 0.6) is 5.75 Å². The van der Waals surface area contributed by atoms with Gasteiger partial charge in [0.15, 0.2) is 0 Å². The molecule has 0 aliphatic rings. The number of carbonyl (C=O) groups is 1. The zero-order valence-electron chi connectivity index (χ0n) is 14.4. The van der Waals surface area contributed by atoms with E-state index in [9.17, 15) is 22.4 Å². The number of alkyl halides is 3. The zero-order valence-corrected chi connectivity index (χ0v) is 14.4. The summed E-state index contributed by atoms with van der Waals surface area (Å²) < 4.78 is 62.2. The van der Waals surface area contributed by atoms with E-state index in [4.69, 9.17) is 14.6 Å². The lowest BCUT2D eigenvalue weighted by Crippen LogP contribution is -2.10. The highest BCUT2D eigenvalue weighted by Crippen LogP contribution is 2.30. The fourth-order valence-electron chi connectivity index (χ4n) is 2.41. The van der Waals surface area contributed by atoms with Crippen LogP contribution in [0.1, 0.15) is 36.1 Å². The largest absolute Gasteiger partial charge is 0.489 e. The second-order valence-corrected chi connectivity index (χ2v) is 5.70. The molecule has 8 heteroatoms. The first kappa shape index (κ1) is 20.7. The van der Waals surface area contributed by atoms with Crippen LogP contribution in [0.3, 0.4) is 0 Å². The van der Waals surface area contributed by atoms with Crippen LogP contribution in [0.25, 0.3) is 0 Å². The highest BCUT2D eigenvalue weighted by molar-refractivity contribution is 5.67. The van der Waals surface area contributed by atoms with Crippen molar-refractivity contribution in [3.05, 3.63) is 65.0 Å². The van der Waals surface area contributed by atoms with E-state index in [0.717, 1.165) is 12.1 Å². The molecule has 27 heavy (non-hydrogen) atoms. The van der Waals surface area contributed by atoms with E-state index in [1.165, 1.54) is 0 Å². The first-order chi connectivity index (χ1) is 12.7. The van der Waals surface area contributed by atoms with Crippen molar-refractivity contribution in [2.24, 2.45) is 0 Å². The fourth-order valence-corrected chi connectivity index (χ4v) is 2.41. The Kier molecular flexibility index (Phi) is 6.79. The van der Waals surface area contributed by atoms with Gasteiger partial charge in [-0.2, -0.15) is 13.2 Å². The third kappa shape index (κ3) is 5.96. The molecule has 1 atom stereocenters. The molecule has 0 amide bonds. The zero-order chi connectivity index (χ0) is 20.0. The Morgan fingerprint density at radius 1 is 1.15 bits per heavy atom. The fraction of sp³-hybridized carbons (Fsp3) is 0.316. The van der Waals surface area contributed by atoms with E-state index in [1.807, 2.05) is 0 Å². The van der Waals surface area contributed by atoms with Gasteiger partial charge >= 0.3 is 12.1 Å². The van der Waals surface area contributed by atoms with Crippen molar-refractivity contribution in [1.29, 1.82) is 0 Å². The third-order valence-corrected chi connectivity index (χ3v) is 3.75. The second kappa shape index (κ2) is 8.85. The summed E-state index contributed by atoms with van der Waals surface area (Å²) in [6.07, 6.45) is -5.40. The topological polar surface area (TPSA) is 55.8 Å². The molecule has 2 aromatic carbocycles. The molecular formula is C19H18F4O4. The van der Waals surface area contributed by atoms with Crippen molar-refractivity contribution in [1.82, 2.24) is 0 Å². The molecule has 2 rings (SSSR count). The van der Waals surface area contributed by atoms with Crippen LogP contribution in [0.2, 0.25) is 0 Å². The molecular weight excluding hydrogens is 368 g/mol. The Bertz CT molecular complexity index is 772. The normalized spacial score (nSPS) is 12.6. The van der Waals surface area contributed by atoms with E-state index in [-0.39, 0.29) is 18.6 Å². The van der Waals surface area contributed by atoms with E-state index >= 15 is 0 Å². The van der Waals surface area contributed by atoms with Crippen molar-refractivity contribution in [3.63, 3.8) is 0 Å². The predicted octanol–water partition coefficient (Wildman–Crippen LogP) is 4.98. The molecule has 4 nitrogen and oxygen atoms in total. The van der Waals surface area contributed by atoms with Gasteiger partial charge in [0.2, 0.25) is 0 Å². The van der Waals surface area contributed by atoms with Gasteiger partial charge in [-0.15, -0.1) is 0 Å². The summed E-state index contributed by atoms with van der Waals surface area (Å²) >= 11 is 0. The van der Waals surface area contributed by atoms with Crippen LogP contribution in [-0.4, -0.2) is 17.7 Å². The molecule has 0 unspecified atom stereocenters. The standard InChI is InChI=1S/C19H18F4O4/c1-2-26-17(10-18(24)25)12-4-7-15(8-5-12)27-11-13-3-6-14(9-16(13)20)19(21,22)23/h3-9,17H,2,10-11H2,1H3,(H,24,25)/t17-/m0/s1. The molecule has 146 valence electrons. The molecule has 1 N–H and O–H groups in total. The SMILES string of the molecule is CCO[C@@H](CC(=O)O)c1ccc(OCc2ccc(C(F)(F)F)cc2F)cc1. The first-order valence-corrected chi connectivity index (χ1v) is 8.12. The van der Waals surface area contributed by atoms with E-state index in [2.05, 4.69) is 0 Å². The summed E-state index contributed by atoms with van der Waals surface area (Å²) in [7, 11) is 0. The number of hydrogen-bond acceptors (Lipinski definition) is 3. The molecule has 0 spiro atoms. The number of aliphatic carboxylic acids is 1. The maximum atomic E-state index is 13.8. The summed E-state index contributed by atoms with van der Waals surface area (Å²) in [6.45, 7) is 1.86. The maximum absolute atomic E-state index is 13.8. The summed E-state index contributed by atoms with van der Waals surface area (Å²) in [5.41, 5.74) is -0.425. The van der Waals surface area contributed by atoms with Gasteiger partial charge in [-0.05, 0) is 36.8 Å². The molecule has 0 aromatic heterocycles. The maximum Gasteiger partial charge on any atom is 0.416 e. The average molecular weight is 386 g/mol. The summed E-state index contributed by atoms with van der Waals surface area (Å²) in [5, 5.41) is 8.92.